The molecule has 0 atom stereocenters. The Labute approximate surface area is 141 Å². The molecule has 0 fully saturated rings. The Morgan fingerprint density at radius 3 is 2.86 bits per heavy atom. The highest BCUT2D eigenvalue weighted by molar-refractivity contribution is 9.11. The van der Waals surface area contributed by atoms with Crippen LogP contribution in [0, 0.1) is 0 Å². The van der Waals surface area contributed by atoms with E-state index in [2.05, 4.69) is 31.5 Å². The molecule has 0 aliphatic carbocycles. The van der Waals surface area contributed by atoms with Gasteiger partial charge in [0.05, 0.1) is 8.81 Å². The maximum atomic E-state index is 12.1. The number of pyridine rings is 1. The van der Waals surface area contributed by atoms with Crippen LogP contribution in [0.4, 0.5) is 5.82 Å². The Morgan fingerprint density at radius 2 is 2.19 bits per heavy atom. The van der Waals surface area contributed by atoms with Gasteiger partial charge in [0.2, 0.25) is 0 Å². The molecule has 1 amide bonds. The lowest BCUT2D eigenvalue weighted by molar-refractivity contribution is 0.0949. The van der Waals surface area contributed by atoms with Crippen LogP contribution >= 0.6 is 38.9 Å². The van der Waals surface area contributed by atoms with Gasteiger partial charge in [0.1, 0.15) is 11.5 Å². The van der Waals surface area contributed by atoms with Crippen LogP contribution in [0.1, 0.15) is 22.3 Å². The number of nitrogens with zero attached hydrogens (tertiary/aromatic N) is 1. The van der Waals surface area contributed by atoms with Crippen LogP contribution in [-0.4, -0.2) is 24.0 Å². The third kappa shape index (κ3) is 4.69. The molecule has 112 valence electrons. The Bertz CT molecular complexity index is 632. The third-order valence-corrected chi connectivity index (χ3v) is 4.69. The molecule has 21 heavy (non-hydrogen) atoms. The van der Waals surface area contributed by atoms with Crippen molar-refractivity contribution in [1.29, 1.82) is 0 Å². The van der Waals surface area contributed by atoms with Gasteiger partial charge in [0, 0.05) is 18.0 Å². The molecule has 0 aliphatic rings. The van der Waals surface area contributed by atoms with Crippen molar-refractivity contribution in [3.05, 3.63) is 43.6 Å². The molecule has 0 aliphatic heterocycles. The number of thiophene rings is 1. The summed E-state index contributed by atoms with van der Waals surface area (Å²) in [6.07, 6.45) is 0.784. The lowest BCUT2D eigenvalue weighted by Crippen LogP contribution is -2.27. The van der Waals surface area contributed by atoms with E-state index in [0.29, 0.717) is 17.4 Å². The van der Waals surface area contributed by atoms with E-state index in [1.54, 1.807) is 23.5 Å². The van der Waals surface area contributed by atoms with Gasteiger partial charge in [-0.05, 0) is 53.5 Å². The molecule has 4 nitrogen and oxygen atoms in total. The molecule has 0 saturated heterocycles. The normalized spacial score (nSPS) is 10.4. The van der Waals surface area contributed by atoms with Crippen molar-refractivity contribution in [3.63, 3.8) is 0 Å². The topological polar surface area (TPSA) is 54.0 Å². The number of nitrogens with one attached hydrogen (secondary N) is 2. The van der Waals surface area contributed by atoms with E-state index in [-0.39, 0.29) is 11.6 Å². The second-order valence-electron chi connectivity index (χ2n) is 4.27. The zero-order chi connectivity index (χ0) is 15.2. The molecular formula is C14H15BrClN3OS. The monoisotopic (exact) mass is 387 g/mol. The van der Waals surface area contributed by atoms with Crippen molar-refractivity contribution >= 4 is 50.6 Å². The van der Waals surface area contributed by atoms with E-state index in [1.165, 1.54) is 4.88 Å². The van der Waals surface area contributed by atoms with Crippen LogP contribution in [0.2, 0.25) is 5.02 Å². The van der Waals surface area contributed by atoms with Crippen LogP contribution in [0.5, 0.6) is 0 Å². The second kappa shape index (κ2) is 7.77. The summed E-state index contributed by atoms with van der Waals surface area (Å²) in [5.41, 5.74) is 0.252. The minimum atomic E-state index is -0.254. The fourth-order valence-electron chi connectivity index (χ4n) is 1.75. The highest BCUT2D eigenvalue weighted by atomic mass is 79.9. The molecule has 2 aromatic rings. The van der Waals surface area contributed by atoms with E-state index in [4.69, 9.17) is 11.6 Å². The fraction of sp³-hybridized carbons (Fsp3) is 0.286. The first-order chi connectivity index (χ1) is 10.1. The van der Waals surface area contributed by atoms with Crippen molar-refractivity contribution in [3.8, 4) is 0 Å². The second-order valence-corrected chi connectivity index (χ2v) is 7.22. The Balaban J connectivity index is 1.94. The number of hydrogen-bond donors (Lipinski definition) is 2. The molecule has 7 heteroatoms. The van der Waals surface area contributed by atoms with Crippen molar-refractivity contribution < 1.29 is 4.79 Å². The zero-order valence-electron chi connectivity index (χ0n) is 11.5. The molecule has 0 radical (unpaired) electrons. The van der Waals surface area contributed by atoms with Crippen LogP contribution in [0.25, 0.3) is 0 Å². The van der Waals surface area contributed by atoms with Gasteiger partial charge in [-0.15, -0.1) is 11.3 Å². The molecule has 2 aromatic heterocycles. The van der Waals surface area contributed by atoms with Crippen molar-refractivity contribution in [2.45, 2.75) is 13.3 Å². The van der Waals surface area contributed by atoms with E-state index in [0.717, 1.165) is 16.8 Å². The maximum Gasteiger partial charge on any atom is 0.271 e. The standard InChI is InChI=1S/C14H15BrClN3OS/c1-2-17-12-6-4-10(16)13(19-12)14(20)18-8-7-9-3-5-11(15)21-9/h3-6H,2,7-8H2,1H3,(H,17,19)(H,18,20). The van der Waals surface area contributed by atoms with Gasteiger partial charge in [0.25, 0.3) is 5.91 Å². The largest absolute Gasteiger partial charge is 0.370 e. The zero-order valence-corrected chi connectivity index (χ0v) is 14.6. The molecular weight excluding hydrogens is 374 g/mol. The Hall–Kier alpha value is -1.11. The SMILES string of the molecule is CCNc1ccc(Cl)c(C(=O)NCCc2ccc(Br)s2)n1. The summed E-state index contributed by atoms with van der Waals surface area (Å²) in [4.78, 5) is 17.6. The number of carbonyl (C=O) groups is 1. The first kappa shape index (κ1) is 16.3. The quantitative estimate of drug-likeness (QED) is 0.787. The number of aromatic nitrogens is 1. The highest BCUT2D eigenvalue weighted by Crippen LogP contribution is 2.22. The first-order valence-corrected chi connectivity index (χ1v) is 8.51. The fourth-order valence-corrected chi connectivity index (χ4v) is 3.42. The van der Waals surface area contributed by atoms with E-state index in [9.17, 15) is 4.79 Å². The average Bonchev–Trinajstić information content (AvgIpc) is 2.87. The summed E-state index contributed by atoms with van der Waals surface area (Å²) in [6.45, 7) is 3.26. The Kier molecular flexibility index (Phi) is 6.02. The first-order valence-electron chi connectivity index (χ1n) is 6.53. The summed E-state index contributed by atoms with van der Waals surface area (Å²) < 4.78 is 1.09. The maximum absolute atomic E-state index is 12.1. The summed E-state index contributed by atoms with van der Waals surface area (Å²) in [7, 11) is 0. The van der Waals surface area contributed by atoms with Crippen molar-refractivity contribution in [1.82, 2.24) is 10.3 Å². The van der Waals surface area contributed by atoms with Crippen LogP contribution in [0.15, 0.2) is 28.1 Å². The summed E-state index contributed by atoms with van der Waals surface area (Å²) in [5, 5.41) is 6.26. The van der Waals surface area contributed by atoms with Gasteiger partial charge in [-0.1, -0.05) is 11.6 Å². The lowest BCUT2D eigenvalue weighted by atomic mass is 10.3. The van der Waals surface area contributed by atoms with Crippen LogP contribution < -0.4 is 10.6 Å². The number of amides is 1. The Morgan fingerprint density at radius 1 is 1.38 bits per heavy atom. The van der Waals surface area contributed by atoms with Gasteiger partial charge >= 0.3 is 0 Å². The summed E-state index contributed by atoms with van der Waals surface area (Å²) >= 11 is 11.1. The summed E-state index contributed by atoms with van der Waals surface area (Å²) in [6, 6.07) is 7.47. The van der Waals surface area contributed by atoms with Gasteiger partial charge in [-0.25, -0.2) is 4.98 Å². The smallest absolute Gasteiger partial charge is 0.271 e. The lowest BCUT2D eigenvalue weighted by Gasteiger charge is -2.08. The molecule has 0 saturated carbocycles. The van der Waals surface area contributed by atoms with Crippen molar-refractivity contribution in [2.24, 2.45) is 0 Å². The van der Waals surface area contributed by atoms with E-state index in [1.807, 2.05) is 19.1 Å². The third-order valence-electron chi connectivity index (χ3n) is 2.70. The van der Waals surface area contributed by atoms with Crippen LogP contribution in [-0.2, 0) is 6.42 Å². The van der Waals surface area contributed by atoms with E-state index >= 15 is 0 Å². The predicted molar refractivity (Wildman–Crippen MR) is 91.5 cm³/mol. The van der Waals surface area contributed by atoms with E-state index < -0.39 is 0 Å². The minimum absolute atomic E-state index is 0.252. The number of carbonyl (C=O) groups excluding carboxylic acids is 1. The molecule has 0 aromatic carbocycles. The average molecular weight is 389 g/mol. The van der Waals surface area contributed by atoms with Gasteiger partial charge in [-0.3, -0.25) is 4.79 Å². The number of hydrogen-bond acceptors (Lipinski definition) is 4. The highest BCUT2D eigenvalue weighted by Gasteiger charge is 2.12. The van der Waals surface area contributed by atoms with Gasteiger partial charge in [-0.2, -0.15) is 0 Å². The molecule has 2 N–H and O–H groups in total. The van der Waals surface area contributed by atoms with Crippen molar-refractivity contribution in [2.75, 3.05) is 18.4 Å². The minimum Gasteiger partial charge on any atom is -0.370 e. The molecule has 0 bridgehead atoms. The van der Waals surface area contributed by atoms with Crippen LogP contribution in [0.3, 0.4) is 0 Å². The van der Waals surface area contributed by atoms with Gasteiger partial charge in [0.15, 0.2) is 0 Å². The molecule has 0 unspecified atom stereocenters. The number of halogens is 2. The number of anilines is 1. The number of rotatable bonds is 6. The molecule has 0 spiro atoms. The van der Waals surface area contributed by atoms with Gasteiger partial charge < -0.3 is 10.6 Å². The molecule has 2 heterocycles. The summed E-state index contributed by atoms with van der Waals surface area (Å²) in [5.74, 6) is 0.393. The predicted octanol–water partition coefficient (Wildman–Crippen LogP) is 3.96. The molecule has 2 rings (SSSR count).